The van der Waals surface area contributed by atoms with Gasteiger partial charge in [-0.1, -0.05) is 11.6 Å². The molecule has 0 unspecified atom stereocenters. The first-order valence-electron chi connectivity index (χ1n) is 13.1. The normalized spacial score (nSPS) is 15.4. The lowest BCUT2D eigenvalue weighted by atomic mass is 10.1. The summed E-state index contributed by atoms with van der Waals surface area (Å²) in [5.74, 6) is 2.18. The van der Waals surface area contributed by atoms with E-state index in [1.165, 1.54) is 0 Å². The molecule has 0 atom stereocenters. The second kappa shape index (κ2) is 12.0. The van der Waals surface area contributed by atoms with Crippen molar-refractivity contribution in [1.29, 1.82) is 0 Å². The average molecular weight is 553 g/mol. The maximum Gasteiger partial charge on any atom is 0.229 e. The van der Waals surface area contributed by atoms with Gasteiger partial charge in [-0.3, -0.25) is 4.79 Å². The Labute approximate surface area is 233 Å². The second-order valence-electron chi connectivity index (χ2n) is 9.30. The standard InChI is InChI=1S/C28H33ClN6O4/c1-4-35-23-16-25(38-3)22(14-18(23)6-5-7-26(35)36)32-28-30-17-20(29)27(33-28)31-21-9-8-19(15-24(21)37-2)34-10-12-39-13-11-34/h8-9,14-17H,4-7,10-13H2,1-3H3,(H2,30,31,32,33). The number of aryl methyl sites for hydroxylation is 1. The highest BCUT2D eigenvalue weighted by Crippen LogP contribution is 2.38. The SMILES string of the molecule is CCN1C(=O)CCCc2cc(Nc3ncc(Cl)c(Nc4ccc(N5CCOCC5)cc4OC)n3)c(OC)cc21. The summed E-state index contributed by atoms with van der Waals surface area (Å²) in [6.45, 7) is 5.67. The van der Waals surface area contributed by atoms with Gasteiger partial charge in [0.1, 0.15) is 16.5 Å². The van der Waals surface area contributed by atoms with Crippen LogP contribution in [0.2, 0.25) is 5.02 Å². The van der Waals surface area contributed by atoms with E-state index in [0.717, 1.165) is 48.6 Å². The van der Waals surface area contributed by atoms with Crippen LogP contribution >= 0.6 is 11.6 Å². The van der Waals surface area contributed by atoms with Gasteiger partial charge in [-0.05, 0) is 43.5 Å². The molecule has 1 amide bonds. The number of hydrogen-bond donors (Lipinski definition) is 2. The van der Waals surface area contributed by atoms with E-state index in [-0.39, 0.29) is 5.91 Å². The van der Waals surface area contributed by atoms with Crippen molar-refractivity contribution in [3.8, 4) is 11.5 Å². The third-order valence-corrected chi connectivity index (χ3v) is 7.23. The minimum absolute atomic E-state index is 0.129. The first-order chi connectivity index (χ1) is 19.0. The number of halogens is 1. The largest absolute Gasteiger partial charge is 0.494 e. The molecule has 11 heteroatoms. The summed E-state index contributed by atoms with van der Waals surface area (Å²) < 4.78 is 16.8. The number of nitrogens with zero attached hydrogens (tertiary/aromatic N) is 4. The zero-order valence-electron chi connectivity index (χ0n) is 22.4. The molecular weight excluding hydrogens is 520 g/mol. The molecule has 0 saturated carbocycles. The Morgan fingerprint density at radius 1 is 1.03 bits per heavy atom. The van der Waals surface area contributed by atoms with Crippen LogP contribution in [0.25, 0.3) is 0 Å². The van der Waals surface area contributed by atoms with Crippen molar-refractivity contribution < 1.29 is 19.0 Å². The zero-order chi connectivity index (χ0) is 27.4. The van der Waals surface area contributed by atoms with Crippen LogP contribution in [-0.4, -0.2) is 62.9 Å². The Balaban J connectivity index is 1.40. The number of carbonyl (C=O) groups excluding carboxylic acids is 1. The van der Waals surface area contributed by atoms with Gasteiger partial charge in [0.25, 0.3) is 0 Å². The topological polar surface area (TPSA) is 101 Å². The van der Waals surface area contributed by atoms with Gasteiger partial charge in [-0.15, -0.1) is 0 Å². The summed E-state index contributed by atoms with van der Waals surface area (Å²) in [7, 11) is 3.24. The van der Waals surface area contributed by atoms with Crippen molar-refractivity contribution in [2.45, 2.75) is 26.2 Å². The van der Waals surface area contributed by atoms with E-state index in [1.54, 1.807) is 20.4 Å². The molecule has 0 radical (unpaired) electrons. The maximum atomic E-state index is 12.6. The number of anilines is 6. The Morgan fingerprint density at radius 3 is 2.54 bits per heavy atom. The van der Waals surface area contributed by atoms with Gasteiger partial charge in [0.15, 0.2) is 5.82 Å². The molecule has 2 aliphatic heterocycles. The molecule has 2 aliphatic rings. The first kappa shape index (κ1) is 26.8. The Morgan fingerprint density at radius 2 is 1.79 bits per heavy atom. The number of amides is 1. The van der Waals surface area contributed by atoms with Gasteiger partial charge in [0.05, 0.1) is 50.7 Å². The number of aromatic nitrogens is 2. The van der Waals surface area contributed by atoms with Gasteiger partial charge in [0, 0.05) is 43.9 Å². The number of fused-ring (bicyclic) bond motifs is 1. The molecule has 5 rings (SSSR count). The summed E-state index contributed by atoms with van der Waals surface area (Å²) in [6.07, 6.45) is 3.66. The quantitative estimate of drug-likeness (QED) is 0.392. The molecule has 0 aliphatic carbocycles. The van der Waals surface area contributed by atoms with E-state index < -0.39 is 0 Å². The van der Waals surface area contributed by atoms with Crippen molar-refractivity contribution in [2.75, 3.05) is 67.5 Å². The van der Waals surface area contributed by atoms with Crippen molar-refractivity contribution >= 4 is 52.0 Å². The lowest BCUT2D eigenvalue weighted by Gasteiger charge is -2.29. The highest BCUT2D eigenvalue weighted by Gasteiger charge is 2.23. The molecule has 2 aromatic carbocycles. The lowest BCUT2D eigenvalue weighted by Crippen LogP contribution is -2.36. The third-order valence-electron chi connectivity index (χ3n) is 6.95. The number of nitrogens with one attached hydrogen (secondary N) is 2. The molecule has 1 aromatic heterocycles. The van der Waals surface area contributed by atoms with Gasteiger partial charge >= 0.3 is 0 Å². The molecule has 206 valence electrons. The molecule has 10 nitrogen and oxygen atoms in total. The average Bonchev–Trinajstić information content (AvgIpc) is 3.12. The van der Waals surface area contributed by atoms with Crippen molar-refractivity contribution in [1.82, 2.24) is 9.97 Å². The van der Waals surface area contributed by atoms with Crippen LogP contribution < -0.4 is 29.9 Å². The molecule has 1 saturated heterocycles. The van der Waals surface area contributed by atoms with Gasteiger partial charge in [0.2, 0.25) is 11.9 Å². The highest BCUT2D eigenvalue weighted by atomic mass is 35.5. The minimum Gasteiger partial charge on any atom is -0.494 e. The van der Waals surface area contributed by atoms with E-state index >= 15 is 0 Å². The van der Waals surface area contributed by atoms with Gasteiger partial charge in [-0.25, -0.2) is 4.98 Å². The molecule has 0 bridgehead atoms. The van der Waals surface area contributed by atoms with Crippen molar-refractivity contribution in [2.24, 2.45) is 0 Å². The zero-order valence-corrected chi connectivity index (χ0v) is 23.2. The van der Waals surface area contributed by atoms with Gasteiger partial charge < -0.3 is 34.6 Å². The van der Waals surface area contributed by atoms with Crippen LogP contribution in [-0.2, 0) is 16.0 Å². The maximum absolute atomic E-state index is 12.6. The highest BCUT2D eigenvalue weighted by molar-refractivity contribution is 6.33. The molecule has 39 heavy (non-hydrogen) atoms. The first-order valence-corrected chi connectivity index (χ1v) is 13.5. The number of methoxy groups -OCH3 is 2. The van der Waals surface area contributed by atoms with Crippen molar-refractivity contribution in [3.05, 3.63) is 47.1 Å². The fourth-order valence-electron chi connectivity index (χ4n) is 4.94. The van der Waals surface area contributed by atoms with Crippen LogP contribution in [0.1, 0.15) is 25.3 Å². The number of morpholine rings is 1. The molecule has 0 spiro atoms. The van der Waals surface area contributed by atoms with Crippen LogP contribution in [0.15, 0.2) is 36.5 Å². The second-order valence-corrected chi connectivity index (χ2v) is 9.70. The number of benzene rings is 2. The van der Waals surface area contributed by atoms with E-state index in [4.69, 9.17) is 25.8 Å². The summed E-state index contributed by atoms with van der Waals surface area (Å²) in [4.78, 5) is 25.6. The fourth-order valence-corrected chi connectivity index (χ4v) is 5.08. The van der Waals surface area contributed by atoms with Crippen LogP contribution in [0.3, 0.4) is 0 Å². The van der Waals surface area contributed by atoms with E-state index in [0.29, 0.717) is 60.2 Å². The van der Waals surface area contributed by atoms with E-state index in [9.17, 15) is 4.79 Å². The van der Waals surface area contributed by atoms with Crippen molar-refractivity contribution in [3.63, 3.8) is 0 Å². The summed E-state index contributed by atoms with van der Waals surface area (Å²) in [5.41, 5.74) is 4.46. The predicted molar refractivity (Wildman–Crippen MR) is 154 cm³/mol. The van der Waals surface area contributed by atoms with E-state index in [1.807, 2.05) is 42.2 Å². The van der Waals surface area contributed by atoms with Gasteiger partial charge in [-0.2, -0.15) is 4.98 Å². The Kier molecular flexibility index (Phi) is 8.23. The number of hydrogen-bond acceptors (Lipinski definition) is 9. The monoisotopic (exact) mass is 552 g/mol. The Hall–Kier alpha value is -3.76. The van der Waals surface area contributed by atoms with Crippen LogP contribution in [0.5, 0.6) is 11.5 Å². The molecule has 3 heterocycles. The van der Waals surface area contributed by atoms with Crippen LogP contribution in [0.4, 0.5) is 34.5 Å². The Bertz CT molecular complexity index is 1350. The fraction of sp³-hybridized carbons (Fsp3) is 0.393. The van der Waals surface area contributed by atoms with Crippen LogP contribution in [0, 0.1) is 0 Å². The minimum atomic E-state index is 0.129. The molecular formula is C28H33ClN6O4. The summed E-state index contributed by atoms with van der Waals surface area (Å²) in [5, 5.41) is 6.93. The predicted octanol–water partition coefficient (Wildman–Crippen LogP) is 5.16. The summed E-state index contributed by atoms with van der Waals surface area (Å²) >= 11 is 6.47. The lowest BCUT2D eigenvalue weighted by molar-refractivity contribution is -0.118. The molecule has 3 aromatic rings. The number of ether oxygens (including phenoxy) is 3. The molecule has 1 fully saturated rings. The van der Waals surface area contributed by atoms with E-state index in [2.05, 4.69) is 25.5 Å². The smallest absolute Gasteiger partial charge is 0.229 e. The third kappa shape index (κ3) is 5.81. The summed E-state index contributed by atoms with van der Waals surface area (Å²) in [6, 6.07) is 9.89. The number of rotatable bonds is 8. The number of carbonyl (C=O) groups is 1. The molecule has 2 N–H and O–H groups in total.